The third kappa shape index (κ3) is 4.44. The Hall–Kier alpha value is -4.60. The Morgan fingerprint density at radius 3 is 1.27 bits per heavy atom. The van der Waals surface area contributed by atoms with E-state index in [2.05, 4.69) is 20.1 Å². The van der Waals surface area contributed by atoms with Crippen molar-refractivity contribution in [1.29, 1.82) is 0 Å². The molecule has 0 atom stereocenters. The first-order chi connectivity index (χ1) is 14.4. The Balaban J connectivity index is 2.10. The van der Waals surface area contributed by atoms with Crippen LogP contribution in [0.3, 0.4) is 0 Å². The van der Waals surface area contributed by atoms with Gasteiger partial charge in [-0.3, -0.25) is 9.59 Å². The van der Waals surface area contributed by atoms with Gasteiger partial charge in [0.1, 0.15) is 11.4 Å². The van der Waals surface area contributed by atoms with Crippen LogP contribution in [0, 0.1) is 0 Å². The van der Waals surface area contributed by atoms with Gasteiger partial charge in [0.15, 0.2) is 0 Å². The lowest BCUT2D eigenvalue weighted by Crippen LogP contribution is -2.34. The molecule has 0 amide bonds. The summed E-state index contributed by atoms with van der Waals surface area (Å²) in [5.41, 5.74) is -0.504. The van der Waals surface area contributed by atoms with E-state index in [0.29, 0.717) is 11.4 Å². The van der Waals surface area contributed by atoms with Crippen LogP contribution >= 0.6 is 0 Å². The summed E-state index contributed by atoms with van der Waals surface area (Å²) in [7, 11) is 0. The number of carbonyl (C=O) groups is 4. The largest absolute Gasteiger partial charge is 0.511 e. The number of carboxylic acid groups (broad SMARTS) is 2. The first-order valence-corrected chi connectivity index (χ1v) is 8.40. The summed E-state index contributed by atoms with van der Waals surface area (Å²) in [5.74, 6) is -3.83. The van der Waals surface area contributed by atoms with Crippen LogP contribution in [0.5, 0.6) is 0 Å². The zero-order chi connectivity index (χ0) is 21.7. The molecule has 30 heavy (non-hydrogen) atoms. The van der Waals surface area contributed by atoms with Gasteiger partial charge in [-0.2, -0.15) is 0 Å². The highest BCUT2D eigenvalue weighted by Gasteiger charge is 2.40. The van der Waals surface area contributed by atoms with Crippen LogP contribution in [0.1, 0.15) is 0 Å². The van der Waals surface area contributed by atoms with Crippen LogP contribution in [-0.2, 0) is 19.1 Å². The summed E-state index contributed by atoms with van der Waals surface area (Å²) in [6.45, 7) is 0. The summed E-state index contributed by atoms with van der Waals surface area (Å²) in [4.78, 5) is 48.2. The average molecular weight is 410 g/mol. The summed E-state index contributed by atoms with van der Waals surface area (Å²) in [6, 6.07) is 16.1. The maximum Gasteiger partial charge on any atom is 0.511 e. The number of carbonyl (C=O) groups excluding carboxylic acids is 2. The molecule has 4 N–H and O–H groups in total. The van der Waals surface area contributed by atoms with Crippen LogP contribution in [-0.4, -0.2) is 34.1 Å². The van der Waals surface area contributed by atoms with Crippen molar-refractivity contribution in [1.82, 2.24) is 0 Å². The zero-order valence-corrected chi connectivity index (χ0v) is 15.1. The second-order valence-corrected chi connectivity index (χ2v) is 5.78. The number of hydrogen-bond acceptors (Lipinski definition) is 8. The molecular formula is C20H14N2O8. The van der Waals surface area contributed by atoms with Gasteiger partial charge in [-0.15, -0.1) is 0 Å². The molecule has 10 heteroatoms. The second kappa shape index (κ2) is 8.61. The fraction of sp³-hybridized carbons (Fsp3) is 0. The van der Waals surface area contributed by atoms with Crippen LogP contribution < -0.4 is 10.6 Å². The monoisotopic (exact) mass is 410 g/mol. The average Bonchev–Trinajstić information content (AvgIpc) is 2.72. The molecule has 0 saturated heterocycles. The fourth-order valence-corrected chi connectivity index (χ4v) is 2.59. The Morgan fingerprint density at radius 2 is 0.967 bits per heavy atom. The predicted molar refractivity (Wildman–Crippen MR) is 102 cm³/mol. The first kappa shape index (κ1) is 20.1. The number of anilines is 2. The van der Waals surface area contributed by atoms with E-state index in [1.807, 2.05) is 0 Å². The van der Waals surface area contributed by atoms with Crippen LogP contribution in [0.4, 0.5) is 21.0 Å². The minimum atomic E-state index is -1.83. The SMILES string of the molecule is O=C(O)OC1=C(Nc2ccccc2)C(=O)C(OC(=O)O)=C(Nc2ccccc2)C1=O. The molecule has 10 nitrogen and oxygen atoms in total. The van der Waals surface area contributed by atoms with Gasteiger partial charge in [-0.25, -0.2) is 9.59 Å². The summed E-state index contributed by atoms with van der Waals surface area (Å²) >= 11 is 0. The molecule has 0 radical (unpaired) electrons. The third-order valence-electron chi connectivity index (χ3n) is 3.79. The van der Waals surface area contributed by atoms with Gasteiger partial charge in [0, 0.05) is 11.4 Å². The van der Waals surface area contributed by atoms with E-state index in [4.69, 9.17) is 10.2 Å². The number of benzene rings is 2. The minimum Gasteiger partial charge on any atom is -0.449 e. The van der Waals surface area contributed by atoms with Gasteiger partial charge in [0.25, 0.3) is 11.6 Å². The van der Waals surface area contributed by atoms with E-state index in [0.717, 1.165) is 0 Å². The molecule has 0 fully saturated rings. The highest BCUT2D eigenvalue weighted by atomic mass is 16.7. The maximum absolute atomic E-state index is 13.0. The molecule has 0 bridgehead atoms. The standard InChI is InChI=1S/C20H14N2O8/c23-15-13(21-11-7-3-1-4-8-11)17(29-19(25)26)16(24)14(18(15)30-20(27)28)22-12-9-5-2-6-10-12/h1-10,21-22H,(H,25,26)(H,27,28). The van der Waals surface area contributed by atoms with E-state index in [1.54, 1.807) is 60.7 Å². The molecule has 1 aliphatic carbocycles. The van der Waals surface area contributed by atoms with E-state index in [1.165, 1.54) is 0 Å². The molecule has 2 aromatic carbocycles. The predicted octanol–water partition coefficient (Wildman–Crippen LogP) is 3.17. The Kier molecular flexibility index (Phi) is 5.78. The number of Topliss-reactive ketones (excluding diaryl/α,β-unsaturated/α-hetero) is 2. The highest BCUT2D eigenvalue weighted by Crippen LogP contribution is 2.29. The van der Waals surface area contributed by atoms with Crippen molar-refractivity contribution in [3.05, 3.63) is 83.6 Å². The van der Waals surface area contributed by atoms with Crippen molar-refractivity contribution in [2.45, 2.75) is 0 Å². The molecule has 3 rings (SSSR count). The minimum absolute atomic E-state index is 0.328. The van der Waals surface area contributed by atoms with E-state index in [-0.39, 0.29) is 0 Å². The van der Waals surface area contributed by atoms with Crippen molar-refractivity contribution < 1.29 is 38.9 Å². The zero-order valence-electron chi connectivity index (χ0n) is 15.1. The summed E-state index contributed by atoms with van der Waals surface area (Å²) in [6.07, 6.45) is -3.67. The number of para-hydroxylation sites is 2. The van der Waals surface area contributed by atoms with Gasteiger partial charge in [0.05, 0.1) is 0 Å². The highest BCUT2D eigenvalue weighted by molar-refractivity contribution is 6.26. The Bertz CT molecular complexity index is 987. The molecular weight excluding hydrogens is 396 g/mol. The Labute approximate surface area is 169 Å². The summed E-state index contributed by atoms with van der Waals surface area (Å²) < 4.78 is 9.13. The lowest BCUT2D eigenvalue weighted by Gasteiger charge is -2.22. The topological polar surface area (TPSA) is 151 Å². The quantitative estimate of drug-likeness (QED) is 0.413. The third-order valence-corrected chi connectivity index (χ3v) is 3.79. The lowest BCUT2D eigenvalue weighted by molar-refractivity contribution is -0.120. The molecule has 0 heterocycles. The molecule has 0 spiro atoms. The summed E-state index contributed by atoms with van der Waals surface area (Å²) in [5, 5.41) is 23.2. The number of ketones is 2. The lowest BCUT2D eigenvalue weighted by atomic mass is 10.0. The van der Waals surface area contributed by atoms with E-state index < -0.39 is 46.8 Å². The van der Waals surface area contributed by atoms with Crippen molar-refractivity contribution >= 4 is 35.3 Å². The van der Waals surface area contributed by atoms with Crippen molar-refractivity contribution in [2.24, 2.45) is 0 Å². The first-order valence-electron chi connectivity index (χ1n) is 8.40. The van der Waals surface area contributed by atoms with Gasteiger partial charge in [-0.1, -0.05) is 36.4 Å². The van der Waals surface area contributed by atoms with Gasteiger partial charge >= 0.3 is 12.3 Å². The molecule has 0 aromatic heterocycles. The van der Waals surface area contributed by atoms with Crippen LogP contribution in [0.2, 0.25) is 0 Å². The molecule has 1 aliphatic rings. The molecule has 152 valence electrons. The molecule has 0 saturated carbocycles. The second-order valence-electron chi connectivity index (χ2n) is 5.78. The van der Waals surface area contributed by atoms with Crippen LogP contribution in [0.25, 0.3) is 0 Å². The molecule has 2 aromatic rings. The van der Waals surface area contributed by atoms with E-state index >= 15 is 0 Å². The smallest absolute Gasteiger partial charge is 0.449 e. The Morgan fingerprint density at radius 1 is 0.633 bits per heavy atom. The number of hydrogen-bond donors (Lipinski definition) is 4. The maximum atomic E-state index is 13.0. The van der Waals surface area contributed by atoms with Crippen molar-refractivity contribution in [3.8, 4) is 0 Å². The van der Waals surface area contributed by atoms with Gasteiger partial charge in [0.2, 0.25) is 11.5 Å². The fourth-order valence-electron chi connectivity index (χ4n) is 2.59. The normalized spacial score (nSPS) is 13.7. The molecule has 0 aliphatic heterocycles. The van der Waals surface area contributed by atoms with Gasteiger partial charge in [-0.05, 0) is 24.3 Å². The van der Waals surface area contributed by atoms with Crippen molar-refractivity contribution in [2.75, 3.05) is 10.6 Å². The van der Waals surface area contributed by atoms with Crippen molar-refractivity contribution in [3.63, 3.8) is 0 Å². The number of rotatable bonds is 6. The molecule has 0 unspecified atom stereocenters. The number of ether oxygens (including phenoxy) is 2. The van der Waals surface area contributed by atoms with E-state index in [9.17, 15) is 19.2 Å². The number of nitrogens with one attached hydrogen (secondary N) is 2. The van der Waals surface area contributed by atoms with Crippen LogP contribution in [0.15, 0.2) is 83.6 Å². The van der Waals surface area contributed by atoms with Gasteiger partial charge < -0.3 is 30.3 Å².